The van der Waals surface area contributed by atoms with Crippen molar-refractivity contribution in [3.05, 3.63) is 57.6 Å². The molecule has 1 N–H and O–H groups in total. The molecule has 4 heteroatoms. The Labute approximate surface area is 122 Å². The van der Waals surface area contributed by atoms with Crippen molar-refractivity contribution in [1.82, 2.24) is 0 Å². The van der Waals surface area contributed by atoms with Crippen molar-refractivity contribution < 1.29 is 9.84 Å². The van der Waals surface area contributed by atoms with Crippen LogP contribution in [0.1, 0.15) is 24.2 Å². The zero-order valence-electron chi connectivity index (χ0n) is 10.7. The molecule has 0 radical (unpaired) electrons. The Morgan fingerprint density at radius 3 is 2.42 bits per heavy atom. The normalized spacial score (nSPS) is 12.3. The van der Waals surface area contributed by atoms with E-state index in [1.54, 1.807) is 31.2 Å². The molecule has 0 saturated heterocycles. The third kappa shape index (κ3) is 3.41. The van der Waals surface area contributed by atoms with E-state index in [1.165, 1.54) is 0 Å². The van der Waals surface area contributed by atoms with Gasteiger partial charge in [0.2, 0.25) is 0 Å². The number of halogens is 2. The van der Waals surface area contributed by atoms with Gasteiger partial charge >= 0.3 is 0 Å². The lowest BCUT2D eigenvalue weighted by Gasteiger charge is -2.12. The fourth-order valence-electron chi connectivity index (χ4n) is 1.66. The molecular formula is C15H14Cl2O2. The van der Waals surface area contributed by atoms with Crippen molar-refractivity contribution in [2.45, 2.75) is 20.0 Å². The first-order chi connectivity index (χ1) is 8.97. The molecular weight excluding hydrogens is 283 g/mol. The van der Waals surface area contributed by atoms with Gasteiger partial charge in [-0.25, -0.2) is 0 Å². The first-order valence-corrected chi connectivity index (χ1v) is 6.64. The van der Waals surface area contributed by atoms with Gasteiger partial charge in [-0.05, 0) is 49.2 Å². The maximum atomic E-state index is 9.49. The summed E-state index contributed by atoms with van der Waals surface area (Å²) in [6.07, 6.45) is -0.556. The van der Waals surface area contributed by atoms with E-state index in [0.29, 0.717) is 21.5 Å². The second-order valence-corrected chi connectivity index (χ2v) is 5.22. The van der Waals surface area contributed by atoms with Gasteiger partial charge in [0.25, 0.3) is 0 Å². The topological polar surface area (TPSA) is 29.5 Å². The number of rotatable bonds is 3. The molecule has 0 saturated carbocycles. The summed E-state index contributed by atoms with van der Waals surface area (Å²) in [5, 5.41) is 10.6. The van der Waals surface area contributed by atoms with Crippen LogP contribution in [0.15, 0.2) is 36.4 Å². The van der Waals surface area contributed by atoms with Crippen LogP contribution in [0, 0.1) is 6.92 Å². The van der Waals surface area contributed by atoms with E-state index in [2.05, 4.69) is 0 Å². The van der Waals surface area contributed by atoms with Crippen LogP contribution < -0.4 is 4.74 Å². The maximum Gasteiger partial charge on any atom is 0.146 e. The van der Waals surface area contributed by atoms with E-state index in [0.717, 1.165) is 11.1 Å². The largest absolute Gasteiger partial charge is 0.455 e. The molecule has 2 nitrogen and oxygen atoms in total. The van der Waals surface area contributed by atoms with Crippen LogP contribution in [0.2, 0.25) is 10.0 Å². The van der Waals surface area contributed by atoms with E-state index in [4.69, 9.17) is 27.9 Å². The third-order valence-electron chi connectivity index (χ3n) is 2.81. The quantitative estimate of drug-likeness (QED) is 0.849. The Bertz CT molecular complexity index is 595. The van der Waals surface area contributed by atoms with Gasteiger partial charge < -0.3 is 9.84 Å². The molecule has 1 atom stereocenters. The monoisotopic (exact) mass is 296 g/mol. The first kappa shape index (κ1) is 14.2. The van der Waals surface area contributed by atoms with Crippen LogP contribution in [0.25, 0.3) is 0 Å². The first-order valence-electron chi connectivity index (χ1n) is 5.89. The SMILES string of the molecule is Cc1ccc(Cl)cc1Oc1ccc(C(C)O)cc1Cl. The fraction of sp³-hybridized carbons (Fsp3) is 0.200. The molecule has 0 fully saturated rings. The molecule has 19 heavy (non-hydrogen) atoms. The van der Waals surface area contributed by atoms with Gasteiger partial charge in [-0.1, -0.05) is 35.3 Å². The van der Waals surface area contributed by atoms with Crippen molar-refractivity contribution in [1.29, 1.82) is 0 Å². The third-order valence-corrected chi connectivity index (χ3v) is 3.34. The summed E-state index contributed by atoms with van der Waals surface area (Å²) in [4.78, 5) is 0. The van der Waals surface area contributed by atoms with Crippen LogP contribution in [0.4, 0.5) is 0 Å². The Hall–Kier alpha value is -1.22. The van der Waals surface area contributed by atoms with E-state index in [-0.39, 0.29) is 0 Å². The van der Waals surface area contributed by atoms with Gasteiger partial charge in [0.05, 0.1) is 11.1 Å². The molecule has 100 valence electrons. The number of aliphatic hydroxyl groups excluding tert-OH is 1. The van der Waals surface area contributed by atoms with Crippen molar-refractivity contribution in [2.24, 2.45) is 0 Å². The Balaban J connectivity index is 2.31. The molecule has 2 aromatic rings. The maximum absolute atomic E-state index is 9.49. The smallest absolute Gasteiger partial charge is 0.146 e. The molecule has 0 aromatic heterocycles. The summed E-state index contributed by atoms with van der Waals surface area (Å²) in [5.74, 6) is 1.20. The summed E-state index contributed by atoms with van der Waals surface area (Å²) in [6.45, 7) is 3.62. The van der Waals surface area contributed by atoms with Gasteiger partial charge in [0.15, 0.2) is 0 Å². The summed E-state index contributed by atoms with van der Waals surface area (Å²) in [5.41, 5.74) is 1.72. The molecule has 0 aliphatic carbocycles. The number of ether oxygens (including phenoxy) is 1. The van der Waals surface area contributed by atoms with Crippen LogP contribution >= 0.6 is 23.2 Å². The van der Waals surface area contributed by atoms with Gasteiger partial charge in [0, 0.05) is 5.02 Å². The number of aryl methyl sites for hydroxylation is 1. The van der Waals surface area contributed by atoms with Crippen molar-refractivity contribution in [3.8, 4) is 11.5 Å². The number of hydrogen-bond donors (Lipinski definition) is 1. The highest BCUT2D eigenvalue weighted by atomic mass is 35.5. The molecule has 0 amide bonds. The summed E-state index contributed by atoms with van der Waals surface area (Å²) >= 11 is 12.1. The predicted octanol–water partition coefficient (Wildman–Crippen LogP) is 5.15. The molecule has 2 rings (SSSR count). The minimum absolute atomic E-state index is 0.456. The average Bonchev–Trinajstić information content (AvgIpc) is 2.36. The average molecular weight is 297 g/mol. The van der Waals surface area contributed by atoms with E-state index in [9.17, 15) is 5.11 Å². The molecule has 2 aromatic carbocycles. The number of hydrogen-bond acceptors (Lipinski definition) is 2. The number of aliphatic hydroxyl groups is 1. The second kappa shape index (κ2) is 5.83. The van der Waals surface area contributed by atoms with Crippen LogP contribution in [-0.4, -0.2) is 5.11 Å². The van der Waals surface area contributed by atoms with Crippen molar-refractivity contribution in [2.75, 3.05) is 0 Å². The summed E-state index contributed by atoms with van der Waals surface area (Å²) in [7, 11) is 0. The Kier molecular flexibility index (Phi) is 4.35. The highest BCUT2D eigenvalue weighted by Gasteiger charge is 2.09. The van der Waals surface area contributed by atoms with Crippen molar-refractivity contribution >= 4 is 23.2 Å². The van der Waals surface area contributed by atoms with E-state index < -0.39 is 6.10 Å². The molecule has 1 unspecified atom stereocenters. The standard InChI is InChI=1S/C15H14Cl2O2/c1-9-3-5-12(16)8-15(9)19-14-6-4-11(10(2)18)7-13(14)17/h3-8,10,18H,1-2H3. The molecule has 0 heterocycles. The summed E-state index contributed by atoms with van der Waals surface area (Å²) in [6, 6.07) is 10.7. The zero-order chi connectivity index (χ0) is 14.0. The minimum atomic E-state index is -0.556. The highest BCUT2D eigenvalue weighted by Crippen LogP contribution is 2.34. The summed E-state index contributed by atoms with van der Waals surface area (Å²) < 4.78 is 5.76. The predicted molar refractivity (Wildman–Crippen MR) is 78.3 cm³/mol. The zero-order valence-corrected chi connectivity index (χ0v) is 12.2. The number of benzene rings is 2. The van der Waals surface area contributed by atoms with Crippen molar-refractivity contribution in [3.63, 3.8) is 0 Å². The van der Waals surface area contributed by atoms with Gasteiger partial charge in [-0.3, -0.25) is 0 Å². The van der Waals surface area contributed by atoms with E-state index in [1.807, 2.05) is 19.1 Å². The van der Waals surface area contributed by atoms with Crippen LogP contribution in [0.5, 0.6) is 11.5 Å². The Morgan fingerprint density at radius 1 is 1.05 bits per heavy atom. The van der Waals surface area contributed by atoms with Gasteiger partial charge in [-0.2, -0.15) is 0 Å². The lowest BCUT2D eigenvalue weighted by molar-refractivity contribution is 0.199. The molecule has 0 bridgehead atoms. The molecule has 0 aliphatic rings. The van der Waals surface area contributed by atoms with E-state index >= 15 is 0 Å². The minimum Gasteiger partial charge on any atom is -0.455 e. The highest BCUT2D eigenvalue weighted by molar-refractivity contribution is 6.32. The van der Waals surface area contributed by atoms with Gasteiger partial charge in [0.1, 0.15) is 11.5 Å². The van der Waals surface area contributed by atoms with Crippen LogP contribution in [-0.2, 0) is 0 Å². The fourth-order valence-corrected chi connectivity index (χ4v) is 2.05. The second-order valence-electron chi connectivity index (χ2n) is 4.38. The molecule has 0 aliphatic heterocycles. The lowest BCUT2D eigenvalue weighted by Crippen LogP contribution is -1.93. The lowest BCUT2D eigenvalue weighted by atomic mass is 10.1. The Morgan fingerprint density at radius 2 is 1.79 bits per heavy atom. The van der Waals surface area contributed by atoms with Crippen LogP contribution in [0.3, 0.4) is 0 Å². The molecule has 0 spiro atoms. The van der Waals surface area contributed by atoms with Gasteiger partial charge in [-0.15, -0.1) is 0 Å².